The SMILES string of the molecule is Cc1cc(NC2CCCNCC2)c(C#N)c(C)n1. The highest BCUT2D eigenvalue weighted by Crippen LogP contribution is 2.21. The average Bonchev–Trinajstić information content (AvgIpc) is 2.57. The van der Waals surface area contributed by atoms with Crippen LogP contribution < -0.4 is 10.6 Å². The van der Waals surface area contributed by atoms with Gasteiger partial charge in [-0.3, -0.25) is 4.98 Å². The number of aromatic nitrogens is 1. The number of hydrogen-bond acceptors (Lipinski definition) is 4. The Hall–Kier alpha value is -1.60. The molecule has 2 heterocycles. The van der Waals surface area contributed by atoms with Crippen LogP contribution in [-0.2, 0) is 0 Å². The Balaban J connectivity index is 2.19. The van der Waals surface area contributed by atoms with Crippen molar-refractivity contribution >= 4 is 5.69 Å². The normalized spacial score (nSPS) is 19.9. The molecule has 18 heavy (non-hydrogen) atoms. The van der Waals surface area contributed by atoms with Crippen LogP contribution in [0.2, 0.25) is 0 Å². The number of nitrogens with zero attached hydrogens (tertiary/aromatic N) is 2. The Morgan fingerprint density at radius 2 is 2.22 bits per heavy atom. The molecule has 0 spiro atoms. The van der Waals surface area contributed by atoms with E-state index in [1.807, 2.05) is 19.9 Å². The molecule has 1 aromatic rings. The van der Waals surface area contributed by atoms with Crippen LogP contribution in [0.3, 0.4) is 0 Å². The summed E-state index contributed by atoms with van der Waals surface area (Å²) < 4.78 is 0. The molecule has 1 aliphatic rings. The third kappa shape index (κ3) is 2.99. The van der Waals surface area contributed by atoms with Crippen molar-refractivity contribution in [3.63, 3.8) is 0 Å². The lowest BCUT2D eigenvalue weighted by atomic mass is 10.1. The van der Waals surface area contributed by atoms with Crippen molar-refractivity contribution in [1.29, 1.82) is 5.26 Å². The zero-order chi connectivity index (χ0) is 13.0. The van der Waals surface area contributed by atoms with Gasteiger partial charge in [-0.15, -0.1) is 0 Å². The lowest BCUT2D eigenvalue weighted by molar-refractivity contribution is 0.637. The molecule has 1 aliphatic heterocycles. The van der Waals surface area contributed by atoms with Gasteiger partial charge in [-0.1, -0.05) is 0 Å². The van der Waals surface area contributed by atoms with Crippen molar-refractivity contribution in [1.82, 2.24) is 10.3 Å². The highest BCUT2D eigenvalue weighted by atomic mass is 15.0. The first-order valence-corrected chi connectivity index (χ1v) is 6.56. The molecule has 0 saturated carbocycles. The summed E-state index contributed by atoms with van der Waals surface area (Å²) in [5.41, 5.74) is 3.39. The second kappa shape index (κ2) is 5.83. The molecular weight excluding hydrogens is 224 g/mol. The minimum atomic E-state index is 0.452. The summed E-state index contributed by atoms with van der Waals surface area (Å²) in [6.07, 6.45) is 3.44. The lowest BCUT2D eigenvalue weighted by Crippen LogP contribution is -2.22. The van der Waals surface area contributed by atoms with E-state index in [9.17, 15) is 5.26 Å². The molecule has 1 fully saturated rings. The number of anilines is 1. The van der Waals surface area contributed by atoms with Crippen molar-refractivity contribution in [2.75, 3.05) is 18.4 Å². The van der Waals surface area contributed by atoms with E-state index in [0.29, 0.717) is 11.6 Å². The molecule has 96 valence electrons. The number of pyridine rings is 1. The number of nitriles is 1. The predicted octanol–water partition coefficient (Wildman–Crippen LogP) is 2.12. The van der Waals surface area contributed by atoms with Crippen molar-refractivity contribution in [2.45, 2.75) is 39.2 Å². The Kier molecular flexibility index (Phi) is 4.16. The van der Waals surface area contributed by atoms with Crippen molar-refractivity contribution < 1.29 is 0 Å². The van der Waals surface area contributed by atoms with Crippen molar-refractivity contribution in [2.24, 2.45) is 0 Å². The fourth-order valence-corrected chi connectivity index (χ4v) is 2.47. The maximum atomic E-state index is 9.23. The van der Waals surface area contributed by atoms with E-state index < -0.39 is 0 Å². The summed E-state index contributed by atoms with van der Waals surface area (Å²) in [4.78, 5) is 4.34. The summed E-state index contributed by atoms with van der Waals surface area (Å²) in [6.45, 7) is 6.00. The number of aryl methyl sites for hydroxylation is 2. The van der Waals surface area contributed by atoms with Crippen LogP contribution in [0, 0.1) is 25.2 Å². The third-order valence-corrected chi connectivity index (χ3v) is 3.38. The van der Waals surface area contributed by atoms with Crippen LogP contribution in [0.25, 0.3) is 0 Å². The van der Waals surface area contributed by atoms with Crippen LogP contribution in [0.15, 0.2) is 6.07 Å². The molecule has 1 atom stereocenters. The molecule has 0 aliphatic carbocycles. The number of nitrogens with one attached hydrogen (secondary N) is 2. The van der Waals surface area contributed by atoms with Gasteiger partial charge in [0.1, 0.15) is 6.07 Å². The van der Waals surface area contributed by atoms with E-state index in [1.165, 1.54) is 6.42 Å². The van der Waals surface area contributed by atoms with Gasteiger partial charge in [0, 0.05) is 11.7 Å². The highest BCUT2D eigenvalue weighted by molar-refractivity contribution is 5.60. The lowest BCUT2D eigenvalue weighted by Gasteiger charge is -2.19. The molecule has 4 heteroatoms. The highest BCUT2D eigenvalue weighted by Gasteiger charge is 2.15. The van der Waals surface area contributed by atoms with Gasteiger partial charge in [-0.05, 0) is 52.3 Å². The molecule has 2 rings (SSSR count). The standard InChI is InChI=1S/C14H20N4/c1-10-8-14(13(9-15)11(2)17-10)18-12-4-3-6-16-7-5-12/h8,12,16H,3-7H2,1-2H3,(H,17,18). The Morgan fingerprint density at radius 1 is 1.39 bits per heavy atom. The predicted molar refractivity (Wildman–Crippen MR) is 72.6 cm³/mol. The molecule has 0 bridgehead atoms. The van der Waals surface area contributed by atoms with E-state index in [4.69, 9.17) is 0 Å². The maximum Gasteiger partial charge on any atom is 0.103 e. The van der Waals surface area contributed by atoms with Gasteiger partial charge in [0.05, 0.1) is 16.9 Å². The van der Waals surface area contributed by atoms with Gasteiger partial charge in [0.15, 0.2) is 0 Å². The number of rotatable bonds is 2. The summed E-state index contributed by atoms with van der Waals surface area (Å²) in [7, 11) is 0. The largest absolute Gasteiger partial charge is 0.381 e. The molecule has 1 saturated heterocycles. The summed E-state index contributed by atoms with van der Waals surface area (Å²) >= 11 is 0. The van der Waals surface area contributed by atoms with Gasteiger partial charge in [-0.2, -0.15) is 5.26 Å². The third-order valence-electron chi connectivity index (χ3n) is 3.38. The first kappa shape index (κ1) is 12.8. The zero-order valence-corrected chi connectivity index (χ0v) is 11.1. The molecule has 0 aromatic carbocycles. The maximum absolute atomic E-state index is 9.23. The monoisotopic (exact) mass is 244 g/mol. The summed E-state index contributed by atoms with van der Waals surface area (Å²) in [5.74, 6) is 0. The van der Waals surface area contributed by atoms with Crippen LogP contribution >= 0.6 is 0 Å². The summed E-state index contributed by atoms with van der Waals surface area (Å²) in [6, 6.07) is 4.68. The molecule has 0 radical (unpaired) electrons. The second-order valence-electron chi connectivity index (χ2n) is 4.91. The topological polar surface area (TPSA) is 60.7 Å². The second-order valence-corrected chi connectivity index (χ2v) is 4.91. The summed E-state index contributed by atoms with van der Waals surface area (Å²) in [5, 5.41) is 16.1. The van der Waals surface area contributed by atoms with Crippen LogP contribution in [0.1, 0.15) is 36.2 Å². The fourth-order valence-electron chi connectivity index (χ4n) is 2.47. The Bertz CT molecular complexity index is 454. The first-order valence-electron chi connectivity index (χ1n) is 6.56. The van der Waals surface area contributed by atoms with E-state index in [-0.39, 0.29) is 0 Å². The smallest absolute Gasteiger partial charge is 0.103 e. The van der Waals surface area contributed by atoms with E-state index in [2.05, 4.69) is 21.7 Å². The minimum Gasteiger partial charge on any atom is -0.381 e. The molecular formula is C14H20N4. The molecule has 0 amide bonds. The number of hydrogen-bond donors (Lipinski definition) is 2. The molecule has 1 unspecified atom stereocenters. The Labute approximate surface area is 108 Å². The van der Waals surface area contributed by atoms with Crippen molar-refractivity contribution in [3.05, 3.63) is 23.0 Å². The average molecular weight is 244 g/mol. The van der Waals surface area contributed by atoms with Gasteiger partial charge in [0.2, 0.25) is 0 Å². The minimum absolute atomic E-state index is 0.452. The van der Waals surface area contributed by atoms with Gasteiger partial charge in [-0.25, -0.2) is 0 Å². The Morgan fingerprint density at radius 3 is 3.00 bits per heavy atom. The quantitative estimate of drug-likeness (QED) is 0.836. The van der Waals surface area contributed by atoms with E-state index in [1.54, 1.807) is 0 Å². The zero-order valence-electron chi connectivity index (χ0n) is 11.1. The van der Waals surface area contributed by atoms with Gasteiger partial charge < -0.3 is 10.6 Å². The van der Waals surface area contributed by atoms with Crippen LogP contribution in [0.5, 0.6) is 0 Å². The molecule has 1 aromatic heterocycles. The van der Waals surface area contributed by atoms with E-state index >= 15 is 0 Å². The van der Waals surface area contributed by atoms with Gasteiger partial charge >= 0.3 is 0 Å². The van der Waals surface area contributed by atoms with E-state index in [0.717, 1.165) is 43.0 Å². The van der Waals surface area contributed by atoms with Crippen LogP contribution in [0.4, 0.5) is 5.69 Å². The van der Waals surface area contributed by atoms with Gasteiger partial charge in [0.25, 0.3) is 0 Å². The van der Waals surface area contributed by atoms with Crippen molar-refractivity contribution in [3.8, 4) is 6.07 Å². The molecule has 2 N–H and O–H groups in total. The fraction of sp³-hybridized carbons (Fsp3) is 0.571. The van der Waals surface area contributed by atoms with Crippen LogP contribution in [-0.4, -0.2) is 24.1 Å². The molecule has 4 nitrogen and oxygen atoms in total. The first-order chi connectivity index (χ1) is 8.70.